The summed E-state index contributed by atoms with van der Waals surface area (Å²) < 4.78 is 23.1. The molecule has 2 N–H and O–H groups in total. The van der Waals surface area contributed by atoms with Crippen molar-refractivity contribution in [3.05, 3.63) is 71.9 Å². The minimum absolute atomic E-state index is 0.0847. The van der Waals surface area contributed by atoms with Gasteiger partial charge >= 0.3 is 6.03 Å². The van der Waals surface area contributed by atoms with Crippen LogP contribution in [0.4, 0.5) is 16.2 Å². The van der Waals surface area contributed by atoms with Crippen LogP contribution in [0.5, 0.6) is 0 Å². The highest BCUT2D eigenvalue weighted by Gasteiger charge is 2.12. The van der Waals surface area contributed by atoms with Crippen LogP contribution < -0.4 is 10.6 Å². The van der Waals surface area contributed by atoms with Gasteiger partial charge in [0.2, 0.25) is 0 Å². The van der Waals surface area contributed by atoms with E-state index in [0.717, 1.165) is 17.5 Å². The molecule has 1 aromatic heterocycles. The molecule has 1 heterocycles. The first-order valence-corrected chi connectivity index (χ1v) is 10.2. The van der Waals surface area contributed by atoms with Gasteiger partial charge in [0, 0.05) is 23.7 Å². The number of benzene rings is 2. The second-order valence-electron chi connectivity index (χ2n) is 5.79. The number of hydrogen-bond donors (Lipinski definition) is 2. The maximum atomic E-state index is 12.2. The third kappa shape index (κ3) is 4.84. The third-order valence-electron chi connectivity index (χ3n) is 3.70. The van der Waals surface area contributed by atoms with Gasteiger partial charge in [-0.1, -0.05) is 29.8 Å². The number of amides is 2. The summed E-state index contributed by atoms with van der Waals surface area (Å²) in [7, 11) is -3.37. The molecule has 2 amide bonds. The summed E-state index contributed by atoms with van der Waals surface area (Å²) in [6.07, 6.45) is 2.79. The number of nitrogens with one attached hydrogen (secondary N) is 2. The van der Waals surface area contributed by atoms with E-state index in [1.165, 1.54) is 18.2 Å². The average molecular weight is 402 g/mol. The highest BCUT2D eigenvalue weighted by molar-refractivity contribution is 7.90. The predicted octanol–water partition coefficient (Wildman–Crippen LogP) is 4.45. The molecule has 138 valence electrons. The Balaban J connectivity index is 1.73. The fourth-order valence-electron chi connectivity index (χ4n) is 2.40. The molecule has 0 bridgehead atoms. The van der Waals surface area contributed by atoms with Crippen molar-refractivity contribution >= 4 is 38.8 Å². The summed E-state index contributed by atoms with van der Waals surface area (Å²) >= 11 is 6.07. The van der Waals surface area contributed by atoms with Crippen molar-refractivity contribution in [1.29, 1.82) is 0 Å². The van der Waals surface area contributed by atoms with Crippen molar-refractivity contribution in [3.8, 4) is 11.3 Å². The number of rotatable bonds is 4. The molecule has 3 aromatic rings. The summed E-state index contributed by atoms with van der Waals surface area (Å²) in [4.78, 5) is 16.6. The number of sulfone groups is 1. The van der Waals surface area contributed by atoms with Crippen molar-refractivity contribution < 1.29 is 13.2 Å². The van der Waals surface area contributed by atoms with Crippen LogP contribution >= 0.6 is 11.6 Å². The Morgan fingerprint density at radius 2 is 1.81 bits per heavy atom. The molecule has 8 heteroatoms. The van der Waals surface area contributed by atoms with Gasteiger partial charge in [0.1, 0.15) is 0 Å². The lowest BCUT2D eigenvalue weighted by Gasteiger charge is -2.11. The van der Waals surface area contributed by atoms with Crippen molar-refractivity contribution in [1.82, 2.24) is 4.98 Å². The van der Waals surface area contributed by atoms with Crippen LogP contribution in [0.15, 0.2) is 71.8 Å². The van der Waals surface area contributed by atoms with Gasteiger partial charge in [-0.3, -0.25) is 4.98 Å². The number of urea groups is 1. The Morgan fingerprint density at radius 3 is 2.48 bits per heavy atom. The summed E-state index contributed by atoms with van der Waals surface area (Å²) in [6.45, 7) is 0. The molecule has 0 radical (unpaired) electrons. The maximum Gasteiger partial charge on any atom is 0.323 e. The van der Waals surface area contributed by atoms with Gasteiger partial charge in [-0.25, -0.2) is 13.2 Å². The van der Waals surface area contributed by atoms with Gasteiger partial charge < -0.3 is 10.6 Å². The van der Waals surface area contributed by atoms with Crippen molar-refractivity contribution in [2.45, 2.75) is 4.90 Å². The van der Waals surface area contributed by atoms with Gasteiger partial charge in [-0.15, -0.1) is 0 Å². The largest absolute Gasteiger partial charge is 0.323 e. The average Bonchev–Trinajstić information content (AvgIpc) is 2.63. The number of nitrogens with zero attached hydrogens (tertiary/aromatic N) is 1. The molecule has 0 aliphatic heterocycles. The summed E-state index contributed by atoms with van der Waals surface area (Å²) in [5, 5.41) is 5.46. The molecular formula is C19H16ClN3O3S. The first-order chi connectivity index (χ1) is 12.8. The molecule has 0 saturated carbocycles. The Bertz CT molecular complexity index is 1090. The van der Waals surface area contributed by atoms with Crippen molar-refractivity contribution in [2.24, 2.45) is 0 Å². The van der Waals surface area contributed by atoms with Crippen molar-refractivity contribution in [2.75, 3.05) is 16.9 Å². The van der Waals surface area contributed by atoms with E-state index in [1.807, 2.05) is 30.3 Å². The lowest BCUT2D eigenvalue weighted by atomic mass is 10.1. The molecule has 3 rings (SSSR count). The van der Waals surface area contributed by atoms with Crippen LogP contribution in [0.2, 0.25) is 5.02 Å². The van der Waals surface area contributed by atoms with E-state index in [4.69, 9.17) is 11.6 Å². The number of aromatic nitrogens is 1. The molecule has 0 fully saturated rings. The number of pyridine rings is 1. The van der Waals surface area contributed by atoms with Gasteiger partial charge in [0.15, 0.2) is 9.84 Å². The summed E-state index contributed by atoms with van der Waals surface area (Å²) in [6, 6.07) is 16.5. The zero-order valence-corrected chi connectivity index (χ0v) is 15.9. The molecule has 0 aliphatic carbocycles. The number of hydrogen-bond acceptors (Lipinski definition) is 4. The Morgan fingerprint density at radius 1 is 1.00 bits per heavy atom. The third-order valence-corrected chi connectivity index (χ3v) is 5.12. The summed E-state index contributed by atoms with van der Waals surface area (Å²) in [5.74, 6) is 0. The van der Waals surface area contributed by atoms with E-state index in [0.29, 0.717) is 11.4 Å². The molecule has 2 aromatic carbocycles. The molecule has 0 spiro atoms. The Labute approximate surface area is 162 Å². The number of carbonyl (C=O) groups excluding carboxylic acids is 1. The molecule has 6 nitrogen and oxygen atoms in total. The van der Waals surface area contributed by atoms with Crippen LogP contribution in [-0.4, -0.2) is 25.7 Å². The Kier molecular flexibility index (Phi) is 5.43. The van der Waals surface area contributed by atoms with Crippen LogP contribution in [-0.2, 0) is 9.84 Å². The summed E-state index contributed by atoms with van der Waals surface area (Å²) in [5.41, 5.74) is 2.55. The second kappa shape index (κ2) is 7.77. The van der Waals surface area contributed by atoms with E-state index >= 15 is 0 Å². The van der Waals surface area contributed by atoms with Gasteiger partial charge in [0.25, 0.3) is 0 Å². The fraction of sp³-hybridized carbons (Fsp3) is 0.0526. The minimum Gasteiger partial charge on any atom is -0.308 e. The molecule has 0 aliphatic rings. The lowest BCUT2D eigenvalue weighted by molar-refractivity contribution is 0.262. The van der Waals surface area contributed by atoms with Crippen molar-refractivity contribution in [3.63, 3.8) is 0 Å². The van der Waals surface area contributed by atoms with Gasteiger partial charge in [-0.05, 0) is 42.5 Å². The van der Waals surface area contributed by atoms with Crippen LogP contribution in [0, 0.1) is 0 Å². The molecule has 27 heavy (non-hydrogen) atoms. The lowest BCUT2D eigenvalue weighted by Crippen LogP contribution is -2.19. The van der Waals surface area contributed by atoms with E-state index in [2.05, 4.69) is 15.6 Å². The van der Waals surface area contributed by atoms with Gasteiger partial charge in [0.05, 0.1) is 21.3 Å². The van der Waals surface area contributed by atoms with Gasteiger partial charge in [-0.2, -0.15) is 0 Å². The monoisotopic (exact) mass is 401 g/mol. The Hall–Kier alpha value is -2.90. The predicted molar refractivity (Wildman–Crippen MR) is 107 cm³/mol. The number of carbonyl (C=O) groups is 1. The molecular weight excluding hydrogens is 386 g/mol. The van der Waals surface area contributed by atoms with E-state index in [9.17, 15) is 13.2 Å². The number of halogens is 1. The topological polar surface area (TPSA) is 88.2 Å². The number of anilines is 2. The van der Waals surface area contributed by atoms with E-state index in [-0.39, 0.29) is 9.92 Å². The highest BCUT2D eigenvalue weighted by Crippen LogP contribution is 2.26. The van der Waals surface area contributed by atoms with E-state index in [1.54, 1.807) is 18.3 Å². The normalized spacial score (nSPS) is 11.0. The molecule has 0 saturated heterocycles. The molecule has 0 unspecified atom stereocenters. The van der Waals surface area contributed by atoms with E-state index < -0.39 is 15.9 Å². The smallest absolute Gasteiger partial charge is 0.308 e. The standard InChI is InChI=1S/C19H16ClN3O3S/c1-27(25,26)15-8-9-18(16(20)12-15)23-19(24)22-14-6-4-5-13(11-14)17-7-2-3-10-21-17/h2-12H,1H3,(H2,22,23,24). The zero-order valence-electron chi connectivity index (χ0n) is 14.3. The first kappa shape index (κ1) is 18.9. The molecule has 0 atom stereocenters. The first-order valence-electron chi connectivity index (χ1n) is 7.92. The van der Waals surface area contributed by atoms with Crippen LogP contribution in [0.25, 0.3) is 11.3 Å². The zero-order chi connectivity index (χ0) is 19.4. The fourth-order valence-corrected chi connectivity index (χ4v) is 3.34. The quantitative estimate of drug-likeness (QED) is 0.676. The second-order valence-corrected chi connectivity index (χ2v) is 8.21. The maximum absolute atomic E-state index is 12.2. The SMILES string of the molecule is CS(=O)(=O)c1ccc(NC(=O)Nc2cccc(-c3ccccn3)c2)c(Cl)c1. The van der Waals surface area contributed by atoms with Crippen LogP contribution in [0.1, 0.15) is 0 Å². The minimum atomic E-state index is -3.37. The highest BCUT2D eigenvalue weighted by atomic mass is 35.5. The van der Waals surface area contributed by atoms with Crippen LogP contribution in [0.3, 0.4) is 0 Å².